The van der Waals surface area contributed by atoms with Gasteiger partial charge in [-0.05, 0) is 55.2 Å². The van der Waals surface area contributed by atoms with Crippen molar-refractivity contribution in [2.75, 3.05) is 6.54 Å². The highest BCUT2D eigenvalue weighted by Crippen LogP contribution is 2.50. The number of hydrogen-bond acceptors (Lipinski definition) is 1. The van der Waals surface area contributed by atoms with Crippen LogP contribution in [0.2, 0.25) is 0 Å². The van der Waals surface area contributed by atoms with E-state index in [2.05, 4.69) is 43.4 Å². The van der Waals surface area contributed by atoms with Crippen LogP contribution in [0.25, 0.3) is 0 Å². The molecule has 1 aromatic rings. The van der Waals surface area contributed by atoms with E-state index in [1.807, 2.05) is 0 Å². The van der Waals surface area contributed by atoms with Gasteiger partial charge in [0.25, 0.3) is 0 Å². The summed E-state index contributed by atoms with van der Waals surface area (Å²) in [5, 5.41) is 3.80. The smallest absolute Gasteiger partial charge is 0.0463 e. The Labute approximate surface area is 105 Å². The lowest BCUT2D eigenvalue weighted by molar-refractivity contribution is 0.336. The van der Waals surface area contributed by atoms with Gasteiger partial charge in [0.15, 0.2) is 0 Å². The van der Waals surface area contributed by atoms with Gasteiger partial charge in [-0.1, -0.05) is 38.1 Å². The maximum atomic E-state index is 3.80. The van der Waals surface area contributed by atoms with E-state index in [1.54, 1.807) is 0 Å². The van der Waals surface area contributed by atoms with Crippen LogP contribution in [0, 0.1) is 5.92 Å². The molecule has 0 spiro atoms. The van der Waals surface area contributed by atoms with E-state index in [-0.39, 0.29) is 0 Å². The van der Waals surface area contributed by atoms with Gasteiger partial charge >= 0.3 is 0 Å². The average Bonchev–Trinajstić information content (AvgIpc) is 3.09. The fourth-order valence-electron chi connectivity index (χ4n) is 3.34. The summed E-state index contributed by atoms with van der Waals surface area (Å²) in [5.41, 5.74) is 3.31. The van der Waals surface area contributed by atoms with Crippen LogP contribution in [0.5, 0.6) is 0 Å². The molecule has 0 bridgehead atoms. The van der Waals surface area contributed by atoms with Gasteiger partial charge in [-0.25, -0.2) is 0 Å². The van der Waals surface area contributed by atoms with Crippen LogP contribution in [0.15, 0.2) is 24.3 Å². The molecule has 0 radical (unpaired) electrons. The summed E-state index contributed by atoms with van der Waals surface area (Å²) in [4.78, 5) is 0. The first-order chi connectivity index (χ1) is 8.22. The predicted octanol–water partition coefficient (Wildman–Crippen LogP) is 3.80. The second-order valence-corrected chi connectivity index (χ2v) is 6.05. The molecule has 0 aromatic heterocycles. The molecule has 1 N–H and O–H groups in total. The standard InChI is InChI=1S/C16H23N/c1-12(2)13-4-6-14(7-5-13)16(15-8-9-15)10-3-11-17-16/h4-7,12,15,17H,3,8-11H2,1-2H3. The molecule has 2 aliphatic rings. The normalized spacial score (nSPS) is 28.9. The molecule has 1 saturated heterocycles. The van der Waals surface area contributed by atoms with Crippen molar-refractivity contribution in [3.8, 4) is 0 Å². The molecule has 92 valence electrons. The third kappa shape index (κ3) is 1.91. The summed E-state index contributed by atoms with van der Waals surface area (Å²) in [6, 6.07) is 9.38. The molecule has 17 heavy (non-hydrogen) atoms. The molecule has 1 heteroatoms. The average molecular weight is 229 g/mol. The van der Waals surface area contributed by atoms with Gasteiger partial charge in [-0.3, -0.25) is 0 Å². The third-order valence-corrected chi connectivity index (χ3v) is 4.56. The summed E-state index contributed by atoms with van der Waals surface area (Å²) in [7, 11) is 0. The van der Waals surface area contributed by atoms with Crippen LogP contribution in [0.4, 0.5) is 0 Å². The van der Waals surface area contributed by atoms with Crippen molar-refractivity contribution in [1.82, 2.24) is 5.32 Å². The molecule has 1 unspecified atom stereocenters. The molecule has 1 aromatic carbocycles. The first-order valence-corrected chi connectivity index (χ1v) is 7.08. The SMILES string of the molecule is CC(C)c1ccc(C2(C3CC3)CCCN2)cc1. The van der Waals surface area contributed by atoms with Crippen LogP contribution < -0.4 is 5.32 Å². The molecule has 1 heterocycles. The fourth-order valence-corrected chi connectivity index (χ4v) is 3.34. The van der Waals surface area contributed by atoms with E-state index in [0.29, 0.717) is 11.5 Å². The number of hydrogen-bond donors (Lipinski definition) is 1. The maximum Gasteiger partial charge on any atom is 0.0463 e. The maximum absolute atomic E-state index is 3.80. The first-order valence-electron chi connectivity index (χ1n) is 7.08. The first kappa shape index (κ1) is 11.3. The monoisotopic (exact) mass is 229 g/mol. The summed E-state index contributed by atoms with van der Waals surface area (Å²) in [5.74, 6) is 1.53. The molecule has 2 fully saturated rings. The minimum Gasteiger partial charge on any atom is -0.307 e. The van der Waals surface area contributed by atoms with Crippen molar-refractivity contribution in [3.63, 3.8) is 0 Å². The van der Waals surface area contributed by atoms with Gasteiger partial charge in [0, 0.05) is 5.54 Å². The Kier molecular flexibility index (Phi) is 2.74. The highest BCUT2D eigenvalue weighted by Gasteiger charge is 2.47. The Balaban J connectivity index is 1.91. The minimum absolute atomic E-state index is 0.329. The van der Waals surface area contributed by atoms with Gasteiger partial charge < -0.3 is 5.32 Å². The molecule has 3 rings (SSSR count). The topological polar surface area (TPSA) is 12.0 Å². The summed E-state index contributed by atoms with van der Waals surface area (Å²) in [6.07, 6.45) is 5.50. The lowest BCUT2D eigenvalue weighted by atomic mass is 9.83. The fraction of sp³-hybridized carbons (Fsp3) is 0.625. The predicted molar refractivity (Wildman–Crippen MR) is 72.2 cm³/mol. The minimum atomic E-state index is 0.329. The van der Waals surface area contributed by atoms with Gasteiger partial charge in [0.1, 0.15) is 0 Å². The van der Waals surface area contributed by atoms with Crippen molar-refractivity contribution < 1.29 is 0 Å². The highest BCUT2D eigenvalue weighted by molar-refractivity contribution is 5.32. The van der Waals surface area contributed by atoms with E-state index in [4.69, 9.17) is 0 Å². The van der Waals surface area contributed by atoms with Gasteiger partial charge in [0.2, 0.25) is 0 Å². The largest absolute Gasteiger partial charge is 0.307 e. The molecule has 1 nitrogen and oxygen atoms in total. The van der Waals surface area contributed by atoms with Crippen LogP contribution in [-0.2, 0) is 5.54 Å². The van der Waals surface area contributed by atoms with Crippen molar-refractivity contribution in [1.29, 1.82) is 0 Å². The summed E-state index contributed by atoms with van der Waals surface area (Å²) in [6.45, 7) is 5.72. The van der Waals surface area contributed by atoms with E-state index < -0.39 is 0 Å². The Morgan fingerprint density at radius 3 is 2.35 bits per heavy atom. The summed E-state index contributed by atoms with van der Waals surface area (Å²) < 4.78 is 0. The molecular formula is C16H23N. The Morgan fingerprint density at radius 2 is 1.88 bits per heavy atom. The molecule has 1 atom stereocenters. The molecule has 1 saturated carbocycles. The summed E-state index contributed by atoms with van der Waals surface area (Å²) >= 11 is 0. The Hall–Kier alpha value is -0.820. The zero-order chi connectivity index (χ0) is 11.9. The Morgan fingerprint density at radius 1 is 1.18 bits per heavy atom. The van der Waals surface area contributed by atoms with Crippen LogP contribution in [-0.4, -0.2) is 6.54 Å². The number of benzene rings is 1. The van der Waals surface area contributed by atoms with Crippen molar-refractivity contribution >= 4 is 0 Å². The van der Waals surface area contributed by atoms with Crippen LogP contribution in [0.3, 0.4) is 0 Å². The Bertz CT molecular complexity index is 380. The lowest BCUT2D eigenvalue weighted by Crippen LogP contribution is -2.38. The third-order valence-electron chi connectivity index (χ3n) is 4.56. The van der Waals surface area contributed by atoms with E-state index in [0.717, 1.165) is 5.92 Å². The zero-order valence-corrected chi connectivity index (χ0v) is 11.0. The lowest BCUT2D eigenvalue weighted by Gasteiger charge is -2.30. The second kappa shape index (κ2) is 4.13. The molecule has 1 aliphatic carbocycles. The zero-order valence-electron chi connectivity index (χ0n) is 11.0. The highest BCUT2D eigenvalue weighted by atomic mass is 15.0. The van der Waals surface area contributed by atoms with Crippen molar-refractivity contribution in [2.45, 2.75) is 51.0 Å². The van der Waals surface area contributed by atoms with E-state index >= 15 is 0 Å². The molecule has 1 aliphatic heterocycles. The van der Waals surface area contributed by atoms with Crippen LogP contribution >= 0.6 is 0 Å². The quantitative estimate of drug-likeness (QED) is 0.831. The molecule has 0 amide bonds. The number of rotatable bonds is 3. The second-order valence-electron chi connectivity index (χ2n) is 6.05. The van der Waals surface area contributed by atoms with Crippen molar-refractivity contribution in [2.24, 2.45) is 5.92 Å². The van der Waals surface area contributed by atoms with Crippen molar-refractivity contribution in [3.05, 3.63) is 35.4 Å². The molecular weight excluding hydrogens is 206 g/mol. The van der Waals surface area contributed by atoms with Gasteiger partial charge in [0.05, 0.1) is 0 Å². The van der Waals surface area contributed by atoms with E-state index in [1.165, 1.54) is 43.4 Å². The van der Waals surface area contributed by atoms with E-state index in [9.17, 15) is 0 Å². The van der Waals surface area contributed by atoms with Gasteiger partial charge in [-0.2, -0.15) is 0 Å². The van der Waals surface area contributed by atoms with Gasteiger partial charge in [-0.15, -0.1) is 0 Å². The number of nitrogens with one attached hydrogen (secondary N) is 1. The van der Waals surface area contributed by atoms with Crippen LogP contribution in [0.1, 0.15) is 56.6 Å².